The van der Waals surface area contributed by atoms with E-state index < -0.39 is 0 Å². The Balaban J connectivity index is 3.46. The highest BCUT2D eigenvalue weighted by Crippen LogP contribution is 1.82. The molecule has 1 unspecified atom stereocenters. The fraction of sp³-hybridized carbons (Fsp3) is 0.143. The largest absolute Gasteiger partial charge is 0.291 e. The summed E-state index contributed by atoms with van der Waals surface area (Å²) < 4.78 is 0. The summed E-state index contributed by atoms with van der Waals surface area (Å²) >= 11 is 0. The van der Waals surface area contributed by atoms with Crippen molar-refractivity contribution >= 4 is 0 Å². The Bertz CT molecular complexity index is 132. The normalized spacial score (nSPS) is 11.4. The zero-order chi connectivity index (χ0) is 7.11. The first-order valence-electron chi connectivity index (χ1n) is 2.57. The highest BCUT2D eigenvalue weighted by Gasteiger charge is 1.95. The van der Waals surface area contributed by atoms with Crippen molar-refractivity contribution in [1.82, 2.24) is 5.32 Å². The van der Waals surface area contributed by atoms with E-state index in [1.54, 1.807) is 12.6 Å². The van der Waals surface area contributed by atoms with E-state index in [1.165, 1.54) is 6.08 Å². The molecule has 0 aromatic heterocycles. The van der Waals surface area contributed by atoms with Gasteiger partial charge in [0.15, 0.2) is 0 Å². The van der Waals surface area contributed by atoms with Gasteiger partial charge in [-0.1, -0.05) is 12.2 Å². The van der Waals surface area contributed by atoms with Gasteiger partial charge < -0.3 is 0 Å². The molecule has 0 saturated carbocycles. The van der Waals surface area contributed by atoms with Crippen molar-refractivity contribution < 1.29 is 0 Å². The van der Waals surface area contributed by atoms with E-state index in [0.29, 0.717) is 0 Å². The minimum absolute atomic E-state index is 0.303. The maximum Gasteiger partial charge on any atom is 0.114 e. The van der Waals surface area contributed by atoms with E-state index in [1.807, 2.05) is 6.07 Å². The lowest BCUT2D eigenvalue weighted by Crippen LogP contribution is -2.21. The summed E-state index contributed by atoms with van der Waals surface area (Å²) in [6.07, 6.45) is 3.10. The molecule has 9 heavy (non-hydrogen) atoms. The molecule has 0 aromatic carbocycles. The van der Waals surface area contributed by atoms with Crippen LogP contribution in [0.4, 0.5) is 0 Å². The van der Waals surface area contributed by atoms with E-state index in [9.17, 15) is 0 Å². The summed E-state index contributed by atoms with van der Waals surface area (Å²) in [6, 6.07) is 1.68. The van der Waals surface area contributed by atoms with Crippen LogP contribution in [-0.2, 0) is 0 Å². The standard InChI is InChI=1S/C7H9N2/c1-3-5-9-7(4-2)6-8/h3-5,7,9H,1-2H2/i6+2,7+2. The Morgan fingerprint density at radius 1 is 1.56 bits per heavy atom. The summed E-state index contributed by atoms with van der Waals surface area (Å²) in [6.45, 7) is 8.49. The van der Waals surface area contributed by atoms with Crippen LogP contribution in [0, 0.1) is 17.9 Å². The summed E-state index contributed by atoms with van der Waals surface area (Å²) in [4.78, 5) is 0. The third kappa shape index (κ3) is 3.51. The van der Waals surface area contributed by atoms with Gasteiger partial charge in [-0.2, -0.15) is 5.26 Å². The van der Waals surface area contributed by atoms with Crippen LogP contribution in [0.3, 0.4) is 0 Å². The first-order valence-corrected chi connectivity index (χ1v) is 2.57. The van der Waals surface area contributed by atoms with Crippen LogP contribution < -0.4 is 5.32 Å². The Morgan fingerprint density at radius 2 is 2.22 bits per heavy atom. The molecule has 0 saturated heterocycles. The van der Waals surface area contributed by atoms with Crippen LogP contribution in [-0.4, -0.2) is 6.04 Å². The topological polar surface area (TPSA) is 35.8 Å². The monoisotopic (exact) mass is 125 g/mol. The van der Waals surface area contributed by atoms with Gasteiger partial charge >= 0.3 is 0 Å². The molecule has 1 radical (unpaired) electrons. The average molecular weight is 125 g/mol. The molecular formula is C7H9N2. The average Bonchev–Trinajstić information content (AvgIpc) is 1.91. The van der Waals surface area contributed by atoms with Crippen LogP contribution >= 0.6 is 0 Å². The van der Waals surface area contributed by atoms with Gasteiger partial charge in [0.25, 0.3) is 0 Å². The minimum atomic E-state index is -0.303. The molecule has 2 nitrogen and oxygen atoms in total. The molecule has 0 fully saturated rings. The van der Waals surface area contributed by atoms with Gasteiger partial charge in [0.05, 0.1) is 6.07 Å². The van der Waals surface area contributed by atoms with Gasteiger partial charge in [0, 0.05) is 6.54 Å². The van der Waals surface area contributed by atoms with Crippen molar-refractivity contribution in [3.05, 3.63) is 31.9 Å². The Labute approximate surface area is 55.5 Å². The van der Waals surface area contributed by atoms with Crippen molar-refractivity contribution in [2.75, 3.05) is 0 Å². The Hall–Kier alpha value is -1.07. The van der Waals surface area contributed by atoms with Gasteiger partial charge in [-0.15, -0.1) is 13.2 Å². The number of nitrogens with one attached hydrogen (secondary N) is 1. The predicted octanol–water partition coefficient (Wildman–Crippen LogP) is 1.00. The molecule has 0 spiro atoms. The number of hydrogen-bond acceptors (Lipinski definition) is 2. The van der Waals surface area contributed by atoms with Crippen molar-refractivity contribution in [1.29, 1.82) is 5.26 Å². The second-order valence-electron chi connectivity index (χ2n) is 1.41. The van der Waals surface area contributed by atoms with Gasteiger partial charge in [-0.3, -0.25) is 5.32 Å². The Kier molecular flexibility index (Phi) is 4.47. The number of nitrogens with zero attached hydrogens (tertiary/aromatic N) is 1. The van der Waals surface area contributed by atoms with E-state index in [-0.39, 0.29) is 6.04 Å². The molecule has 1 N–H and O–H groups in total. The molecule has 1 atom stereocenters. The summed E-state index contributed by atoms with van der Waals surface area (Å²) in [5.74, 6) is 0. The van der Waals surface area contributed by atoms with Gasteiger partial charge in [-0.25, -0.2) is 0 Å². The summed E-state index contributed by atoms with van der Waals surface area (Å²) in [5.41, 5.74) is 0. The first-order chi connectivity index (χ1) is 4.35. The second kappa shape index (κ2) is 5.07. The van der Waals surface area contributed by atoms with Gasteiger partial charge in [0.1, 0.15) is 6.04 Å². The van der Waals surface area contributed by atoms with Crippen molar-refractivity contribution in [2.24, 2.45) is 0 Å². The van der Waals surface area contributed by atoms with Crippen LogP contribution in [0.15, 0.2) is 25.3 Å². The van der Waals surface area contributed by atoms with Gasteiger partial charge in [0.2, 0.25) is 0 Å². The molecule has 0 aliphatic heterocycles. The van der Waals surface area contributed by atoms with Crippen LogP contribution in [0.25, 0.3) is 0 Å². The van der Waals surface area contributed by atoms with E-state index in [4.69, 9.17) is 5.26 Å². The maximum atomic E-state index is 8.31. The molecule has 0 heterocycles. The maximum absolute atomic E-state index is 8.31. The predicted molar refractivity (Wildman–Crippen MR) is 37.2 cm³/mol. The lowest BCUT2D eigenvalue weighted by atomic mass is 10.7. The fourth-order valence-electron chi connectivity index (χ4n) is 0.330. The molecular weight excluding hydrogens is 116 g/mol. The van der Waals surface area contributed by atoms with Crippen LogP contribution in [0.2, 0.25) is 0 Å². The van der Waals surface area contributed by atoms with Crippen LogP contribution in [0.5, 0.6) is 0 Å². The molecule has 2 heteroatoms. The third-order valence-corrected chi connectivity index (χ3v) is 0.768. The lowest BCUT2D eigenvalue weighted by Gasteiger charge is -2.00. The molecule has 0 aliphatic carbocycles. The minimum Gasteiger partial charge on any atom is -0.291 e. The highest BCUT2D eigenvalue weighted by molar-refractivity contribution is 5.05. The van der Waals surface area contributed by atoms with Crippen molar-refractivity contribution in [3.63, 3.8) is 0 Å². The number of rotatable bonds is 4. The molecule has 0 aliphatic rings. The smallest absolute Gasteiger partial charge is 0.114 e. The third-order valence-electron chi connectivity index (χ3n) is 0.768. The molecule has 0 amide bonds. The summed E-state index contributed by atoms with van der Waals surface area (Å²) in [5, 5.41) is 11.1. The van der Waals surface area contributed by atoms with E-state index >= 15 is 0 Å². The van der Waals surface area contributed by atoms with Gasteiger partial charge in [-0.05, 0) is 0 Å². The molecule has 47 valence electrons. The quantitative estimate of drug-likeness (QED) is 0.569. The molecule has 0 bridgehead atoms. The molecule has 0 rings (SSSR count). The van der Waals surface area contributed by atoms with Crippen molar-refractivity contribution in [2.45, 2.75) is 6.04 Å². The molecule has 0 aromatic rings. The SMILES string of the molecule is C=C[CH]N[14CH](C=C)[14C]#N. The first kappa shape index (κ1) is 7.93. The Morgan fingerprint density at radius 3 is 2.56 bits per heavy atom. The number of hydrogen-bond donors (Lipinski definition) is 1. The van der Waals surface area contributed by atoms with E-state index in [2.05, 4.69) is 18.5 Å². The zero-order valence-corrected chi connectivity index (χ0v) is 5.17. The lowest BCUT2D eigenvalue weighted by molar-refractivity contribution is 0.814. The zero-order valence-electron chi connectivity index (χ0n) is 5.17. The van der Waals surface area contributed by atoms with Crippen LogP contribution in [0.1, 0.15) is 0 Å². The van der Waals surface area contributed by atoms with E-state index in [0.717, 1.165) is 0 Å². The fourth-order valence-corrected chi connectivity index (χ4v) is 0.330. The second-order valence-corrected chi connectivity index (χ2v) is 1.41. The number of nitriles is 1. The van der Waals surface area contributed by atoms with Crippen molar-refractivity contribution in [3.8, 4) is 6.07 Å². The highest BCUT2D eigenvalue weighted by atomic mass is 15.7. The summed E-state index contributed by atoms with van der Waals surface area (Å²) in [7, 11) is 0.